The first-order valence-corrected chi connectivity index (χ1v) is 10.8. The van der Waals surface area contributed by atoms with Gasteiger partial charge in [-0.2, -0.15) is 10.2 Å². The lowest BCUT2D eigenvalue weighted by atomic mass is 10.1. The molecule has 5 rings (SSSR count). The molecule has 1 N–H and O–H groups in total. The van der Waals surface area contributed by atoms with E-state index < -0.39 is 18.0 Å². The van der Waals surface area contributed by atoms with Crippen LogP contribution < -0.4 is 10.1 Å². The lowest BCUT2D eigenvalue weighted by molar-refractivity contribution is 0.102. The Bertz CT molecular complexity index is 1560. The number of para-hydroxylation sites is 1. The summed E-state index contributed by atoms with van der Waals surface area (Å²) in [5.41, 5.74) is 0.946. The molecule has 0 unspecified atom stereocenters. The lowest BCUT2D eigenvalue weighted by Gasteiger charge is -2.11. The number of carbonyl (C=O) groups excluding carboxylic acids is 1. The molecule has 182 valence electrons. The van der Waals surface area contributed by atoms with E-state index >= 15 is 0 Å². The van der Waals surface area contributed by atoms with Gasteiger partial charge in [-0.25, -0.2) is 22.7 Å². The standard InChI is InChI=1S/C25H19F3N6O2/c1-36-21-8-3-2-7-17(21)19-12-20(23(27)28)34-24(30-19)18(13-29-34)25(35)31-22-9-10-33(32-22)14-15-5-4-6-16(26)11-15/h2-13,23H,14H2,1H3,(H,31,32,35). The van der Waals surface area contributed by atoms with Crippen LogP contribution in [-0.4, -0.2) is 37.4 Å². The van der Waals surface area contributed by atoms with Gasteiger partial charge >= 0.3 is 0 Å². The van der Waals surface area contributed by atoms with Crippen LogP contribution in [0.15, 0.2) is 73.1 Å². The Kier molecular flexibility index (Phi) is 6.11. The summed E-state index contributed by atoms with van der Waals surface area (Å²) < 4.78 is 49.0. The Morgan fingerprint density at radius 3 is 2.72 bits per heavy atom. The number of hydrogen-bond acceptors (Lipinski definition) is 5. The molecule has 0 fully saturated rings. The normalized spacial score (nSPS) is 11.2. The van der Waals surface area contributed by atoms with Gasteiger partial charge in [-0.1, -0.05) is 24.3 Å². The summed E-state index contributed by atoms with van der Waals surface area (Å²) >= 11 is 0. The molecule has 0 aliphatic rings. The van der Waals surface area contributed by atoms with Gasteiger partial charge < -0.3 is 10.1 Å². The van der Waals surface area contributed by atoms with E-state index in [0.717, 1.165) is 4.52 Å². The Hall–Kier alpha value is -4.67. The predicted molar refractivity (Wildman–Crippen MR) is 126 cm³/mol. The molecule has 0 radical (unpaired) electrons. The highest BCUT2D eigenvalue weighted by Gasteiger charge is 2.23. The number of hydrogen-bond donors (Lipinski definition) is 1. The number of carbonyl (C=O) groups is 1. The third kappa shape index (κ3) is 4.50. The number of methoxy groups -OCH3 is 1. The van der Waals surface area contributed by atoms with Gasteiger partial charge in [-0.3, -0.25) is 9.48 Å². The summed E-state index contributed by atoms with van der Waals surface area (Å²) in [5, 5.41) is 10.9. The maximum atomic E-state index is 13.9. The van der Waals surface area contributed by atoms with Crippen LogP contribution in [0.25, 0.3) is 16.9 Å². The van der Waals surface area contributed by atoms with E-state index in [1.54, 1.807) is 48.7 Å². The maximum Gasteiger partial charge on any atom is 0.280 e. The minimum Gasteiger partial charge on any atom is -0.496 e. The van der Waals surface area contributed by atoms with Gasteiger partial charge in [0.05, 0.1) is 25.5 Å². The van der Waals surface area contributed by atoms with Gasteiger partial charge in [0.2, 0.25) is 0 Å². The zero-order valence-corrected chi connectivity index (χ0v) is 18.9. The van der Waals surface area contributed by atoms with Crippen molar-refractivity contribution in [1.29, 1.82) is 0 Å². The number of anilines is 1. The topological polar surface area (TPSA) is 86.3 Å². The predicted octanol–water partition coefficient (Wildman–Crippen LogP) is 4.98. The number of amides is 1. The van der Waals surface area contributed by atoms with E-state index in [-0.39, 0.29) is 28.5 Å². The van der Waals surface area contributed by atoms with Crippen LogP contribution in [-0.2, 0) is 6.54 Å². The van der Waals surface area contributed by atoms with E-state index in [1.807, 2.05) is 0 Å². The van der Waals surface area contributed by atoms with Gasteiger partial charge in [-0.05, 0) is 35.9 Å². The average Bonchev–Trinajstić information content (AvgIpc) is 3.50. The van der Waals surface area contributed by atoms with Gasteiger partial charge in [0.25, 0.3) is 12.3 Å². The summed E-state index contributed by atoms with van der Waals surface area (Å²) in [7, 11) is 1.47. The molecule has 8 nitrogen and oxygen atoms in total. The average molecular weight is 492 g/mol. The van der Waals surface area contributed by atoms with Crippen LogP contribution in [0.3, 0.4) is 0 Å². The highest BCUT2D eigenvalue weighted by atomic mass is 19.3. The minimum atomic E-state index is -2.86. The van der Waals surface area contributed by atoms with Crippen molar-refractivity contribution in [3.8, 4) is 17.0 Å². The van der Waals surface area contributed by atoms with Crippen LogP contribution in [0.1, 0.15) is 28.0 Å². The molecule has 0 atom stereocenters. The molecular formula is C25H19F3N6O2. The van der Waals surface area contributed by atoms with Crippen molar-refractivity contribution in [2.75, 3.05) is 12.4 Å². The van der Waals surface area contributed by atoms with Gasteiger partial charge in [-0.15, -0.1) is 0 Å². The lowest BCUT2D eigenvalue weighted by Crippen LogP contribution is -2.13. The van der Waals surface area contributed by atoms with Gasteiger partial charge in [0.15, 0.2) is 11.5 Å². The number of aromatic nitrogens is 5. The van der Waals surface area contributed by atoms with Crippen molar-refractivity contribution in [3.05, 3.63) is 95.7 Å². The largest absolute Gasteiger partial charge is 0.496 e. The van der Waals surface area contributed by atoms with E-state index in [0.29, 0.717) is 23.4 Å². The summed E-state index contributed by atoms with van der Waals surface area (Å²) in [6.07, 6.45) is -0.0543. The fourth-order valence-electron chi connectivity index (χ4n) is 3.82. The summed E-state index contributed by atoms with van der Waals surface area (Å²) in [6.45, 7) is 0.298. The highest BCUT2D eigenvalue weighted by Crippen LogP contribution is 2.32. The molecule has 3 aromatic heterocycles. The van der Waals surface area contributed by atoms with Crippen molar-refractivity contribution in [3.63, 3.8) is 0 Å². The van der Waals surface area contributed by atoms with E-state index in [1.165, 1.54) is 36.2 Å². The van der Waals surface area contributed by atoms with Crippen molar-refractivity contribution in [2.24, 2.45) is 0 Å². The first-order chi connectivity index (χ1) is 17.4. The molecule has 36 heavy (non-hydrogen) atoms. The number of nitrogens with one attached hydrogen (secondary N) is 1. The molecule has 0 spiro atoms. The fourth-order valence-corrected chi connectivity index (χ4v) is 3.82. The number of benzene rings is 2. The Labute approximate surface area is 203 Å². The smallest absolute Gasteiger partial charge is 0.280 e. The second-order valence-electron chi connectivity index (χ2n) is 7.84. The van der Waals surface area contributed by atoms with Crippen molar-refractivity contribution in [2.45, 2.75) is 13.0 Å². The molecule has 2 aromatic carbocycles. The maximum absolute atomic E-state index is 13.9. The molecule has 1 amide bonds. The molecule has 3 heterocycles. The molecule has 0 saturated heterocycles. The van der Waals surface area contributed by atoms with Gasteiger partial charge in [0.1, 0.15) is 22.8 Å². The van der Waals surface area contributed by atoms with Crippen LogP contribution in [0, 0.1) is 5.82 Å². The van der Waals surface area contributed by atoms with Crippen LogP contribution in [0.4, 0.5) is 19.0 Å². The Morgan fingerprint density at radius 2 is 1.94 bits per heavy atom. The highest BCUT2D eigenvalue weighted by molar-refractivity contribution is 6.07. The second-order valence-corrected chi connectivity index (χ2v) is 7.84. The molecule has 0 aliphatic carbocycles. The van der Waals surface area contributed by atoms with Crippen molar-refractivity contribution >= 4 is 17.4 Å². The Balaban J connectivity index is 1.46. The Morgan fingerprint density at radius 1 is 1.11 bits per heavy atom. The molecular weight excluding hydrogens is 473 g/mol. The SMILES string of the molecule is COc1ccccc1-c1cc(C(F)F)n2ncc(C(=O)Nc3ccn(Cc4cccc(F)c4)n3)c2n1. The van der Waals surface area contributed by atoms with E-state index in [2.05, 4.69) is 20.5 Å². The third-order valence-corrected chi connectivity index (χ3v) is 5.47. The first kappa shape index (κ1) is 23.1. The minimum absolute atomic E-state index is 0.00618. The zero-order chi connectivity index (χ0) is 25.2. The number of ether oxygens (including phenoxy) is 1. The summed E-state index contributed by atoms with van der Waals surface area (Å²) in [6, 6.07) is 15.7. The van der Waals surface area contributed by atoms with Crippen molar-refractivity contribution < 1.29 is 22.7 Å². The number of alkyl halides is 2. The number of fused-ring (bicyclic) bond motifs is 1. The quantitative estimate of drug-likeness (QED) is 0.346. The fraction of sp³-hybridized carbons (Fsp3) is 0.120. The van der Waals surface area contributed by atoms with E-state index in [4.69, 9.17) is 4.74 Å². The zero-order valence-electron chi connectivity index (χ0n) is 18.9. The van der Waals surface area contributed by atoms with Gasteiger partial charge in [0, 0.05) is 17.8 Å². The van der Waals surface area contributed by atoms with Crippen molar-refractivity contribution in [1.82, 2.24) is 24.4 Å². The number of halogens is 3. The monoisotopic (exact) mass is 492 g/mol. The molecule has 0 saturated carbocycles. The molecule has 11 heteroatoms. The number of nitrogens with zero attached hydrogens (tertiary/aromatic N) is 5. The third-order valence-electron chi connectivity index (χ3n) is 5.47. The van der Waals surface area contributed by atoms with Crippen LogP contribution in [0.2, 0.25) is 0 Å². The number of rotatable bonds is 7. The first-order valence-electron chi connectivity index (χ1n) is 10.8. The van der Waals surface area contributed by atoms with Crippen LogP contribution >= 0.6 is 0 Å². The molecule has 0 bridgehead atoms. The van der Waals surface area contributed by atoms with Crippen LogP contribution in [0.5, 0.6) is 5.75 Å². The molecule has 0 aliphatic heterocycles. The second kappa shape index (κ2) is 9.53. The summed E-state index contributed by atoms with van der Waals surface area (Å²) in [5.74, 6) is -0.301. The summed E-state index contributed by atoms with van der Waals surface area (Å²) in [4.78, 5) is 17.5. The molecule has 5 aromatic rings. The van der Waals surface area contributed by atoms with E-state index in [9.17, 15) is 18.0 Å².